The van der Waals surface area contributed by atoms with E-state index >= 15 is 0 Å². The average Bonchev–Trinajstić information content (AvgIpc) is 2.49. The second kappa shape index (κ2) is 3.18. The van der Waals surface area contributed by atoms with Crippen LogP contribution in [0.1, 0.15) is 0 Å². The highest BCUT2D eigenvalue weighted by molar-refractivity contribution is 6.30. The second-order valence-electron chi connectivity index (χ2n) is 2.53. The molecule has 4 heteroatoms. The number of hydrogen-bond acceptors (Lipinski definition) is 1. The first kappa shape index (κ1) is 8.26. The summed E-state index contributed by atoms with van der Waals surface area (Å²) in [6, 6.07) is 8.99. The van der Waals surface area contributed by atoms with E-state index in [1.165, 1.54) is 6.20 Å². The van der Waals surface area contributed by atoms with E-state index in [4.69, 9.17) is 11.6 Å². The van der Waals surface area contributed by atoms with Crippen LogP contribution in [-0.2, 0) is 0 Å². The number of aromatic nitrogens is 2. The number of rotatable bonds is 1. The molecule has 0 radical (unpaired) electrons. The summed E-state index contributed by atoms with van der Waals surface area (Å²) in [7, 11) is 0. The quantitative estimate of drug-likeness (QED) is 0.686. The fourth-order valence-corrected chi connectivity index (χ4v) is 1.19. The molecule has 66 valence electrons. The van der Waals surface area contributed by atoms with Crippen LogP contribution in [0.3, 0.4) is 0 Å². The SMILES string of the molecule is Fc1c(Cl)cnn1-c1ccccc1. The van der Waals surface area contributed by atoms with Crippen molar-refractivity contribution < 1.29 is 4.39 Å². The number of benzene rings is 1. The van der Waals surface area contributed by atoms with Gasteiger partial charge in [-0.05, 0) is 12.1 Å². The van der Waals surface area contributed by atoms with Crippen molar-refractivity contribution in [2.75, 3.05) is 0 Å². The number of para-hydroxylation sites is 1. The maximum absolute atomic E-state index is 13.2. The van der Waals surface area contributed by atoms with E-state index in [9.17, 15) is 4.39 Å². The maximum atomic E-state index is 13.2. The molecule has 0 saturated carbocycles. The fourth-order valence-electron chi connectivity index (χ4n) is 1.06. The van der Waals surface area contributed by atoms with Crippen molar-refractivity contribution in [3.63, 3.8) is 0 Å². The Labute approximate surface area is 79.6 Å². The van der Waals surface area contributed by atoms with Crippen molar-refractivity contribution >= 4 is 11.6 Å². The molecule has 0 bridgehead atoms. The largest absolute Gasteiger partial charge is 0.235 e. The molecule has 1 aromatic carbocycles. The Bertz CT molecular complexity index is 411. The average molecular weight is 197 g/mol. The number of nitrogens with zero attached hydrogens (tertiary/aromatic N) is 2. The Balaban J connectivity index is 2.53. The molecule has 0 spiro atoms. The van der Waals surface area contributed by atoms with E-state index in [1.807, 2.05) is 18.2 Å². The summed E-state index contributed by atoms with van der Waals surface area (Å²) >= 11 is 5.52. The molecule has 1 aromatic heterocycles. The lowest BCUT2D eigenvalue weighted by molar-refractivity contribution is 0.537. The van der Waals surface area contributed by atoms with Gasteiger partial charge >= 0.3 is 0 Å². The van der Waals surface area contributed by atoms with Gasteiger partial charge in [-0.25, -0.2) is 4.68 Å². The second-order valence-corrected chi connectivity index (χ2v) is 2.94. The Morgan fingerprint density at radius 2 is 1.92 bits per heavy atom. The van der Waals surface area contributed by atoms with Crippen molar-refractivity contribution in [1.82, 2.24) is 9.78 Å². The Kier molecular flexibility index (Phi) is 2.02. The smallest absolute Gasteiger partial charge is 0.205 e. The molecular formula is C9H6ClFN2. The summed E-state index contributed by atoms with van der Waals surface area (Å²) in [4.78, 5) is 0. The minimum atomic E-state index is -0.534. The van der Waals surface area contributed by atoms with Gasteiger partial charge < -0.3 is 0 Å². The molecule has 13 heavy (non-hydrogen) atoms. The normalized spacial score (nSPS) is 10.3. The van der Waals surface area contributed by atoms with Crippen LogP contribution in [0.15, 0.2) is 36.5 Å². The molecule has 0 aliphatic carbocycles. The molecule has 0 unspecified atom stereocenters. The summed E-state index contributed by atoms with van der Waals surface area (Å²) in [5, 5.41) is 3.83. The topological polar surface area (TPSA) is 17.8 Å². The lowest BCUT2D eigenvalue weighted by Gasteiger charge is -1.99. The lowest BCUT2D eigenvalue weighted by Crippen LogP contribution is -1.98. The first-order valence-corrected chi connectivity index (χ1v) is 4.11. The molecule has 1 heterocycles. The highest BCUT2D eigenvalue weighted by Gasteiger charge is 2.08. The van der Waals surface area contributed by atoms with E-state index in [0.717, 1.165) is 4.68 Å². The van der Waals surface area contributed by atoms with E-state index in [0.29, 0.717) is 5.69 Å². The van der Waals surface area contributed by atoms with Crippen molar-refractivity contribution in [3.8, 4) is 5.69 Å². The summed E-state index contributed by atoms with van der Waals surface area (Å²) < 4.78 is 14.4. The minimum absolute atomic E-state index is 0.0313. The molecule has 0 saturated heterocycles. The van der Waals surface area contributed by atoms with Crippen LogP contribution in [0.25, 0.3) is 5.69 Å². The summed E-state index contributed by atoms with van der Waals surface area (Å²) in [5.74, 6) is -0.534. The van der Waals surface area contributed by atoms with Crippen molar-refractivity contribution in [1.29, 1.82) is 0 Å². The molecule has 0 aliphatic heterocycles. The van der Waals surface area contributed by atoms with E-state index in [1.54, 1.807) is 12.1 Å². The summed E-state index contributed by atoms with van der Waals surface area (Å²) in [6.07, 6.45) is 1.28. The first-order valence-electron chi connectivity index (χ1n) is 3.73. The maximum Gasteiger partial charge on any atom is 0.235 e. The van der Waals surface area contributed by atoms with E-state index < -0.39 is 5.95 Å². The van der Waals surface area contributed by atoms with Crippen LogP contribution in [0.5, 0.6) is 0 Å². The zero-order valence-electron chi connectivity index (χ0n) is 6.61. The van der Waals surface area contributed by atoms with Gasteiger partial charge in [-0.2, -0.15) is 9.49 Å². The van der Waals surface area contributed by atoms with Gasteiger partial charge in [0.2, 0.25) is 5.95 Å². The molecule has 2 rings (SSSR count). The highest BCUT2D eigenvalue weighted by atomic mass is 35.5. The first-order chi connectivity index (χ1) is 6.29. The van der Waals surface area contributed by atoms with Crippen molar-refractivity contribution in [2.24, 2.45) is 0 Å². The molecular weight excluding hydrogens is 191 g/mol. The van der Waals surface area contributed by atoms with Crippen LogP contribution in [0.4, 0.5) is 4.39 Å². The summed E-state index contributed by atoms with van der Waals surface area (Å²) in [6.45, 7) is 0. The van der Waals surface area contributed by atoms with Gasteiger partial charge in [0.15, 0.2) is 0 Å². The van der Waals surface area contributed by atoms with Gasteiger partial charge in [0.05, 0.1) is 11.9 Å². The van der Waals surface area contributed by atoms with Gasteiger partial charge in [0.1, 0.15) is 5.02 Å². The lowest BCUT2D eigenvalue weighted by atomic mass is 10.3. The van der Waals surface area contributed by atoms with Crippen molar-refractivity contribution in [2.45, 2.75) is 0 Å². The molecule has 0 N–H and O–H groups in total. The summed E-state index contributed by atoms with van der Waals surface area (Å²) in [5.41, 5.74) is 0.659. The molecule has 0 fully saturated rings. The van der Waals surface area contributed by atoms with Crippen LogP contribution >= 0.6 is 11.6 Å². The number of hydrogen-bond donors (Lipinski definition) is 0. The Morgan fingerprint density at radius 3 is 2.46 bits per heavy atom. The third-order valence-corrected chi connectivity index (χ3v) is 1.92. The van der Waals surface area contributed by atoms with E-state index in [-0.39, 0.29) is 5.02 Å². The third kappa shape index (κ3) is 1.42. The molecule has 0 aliphatic rings. The van der Waals surface area contributed by atoms with Crippen LogP contribution in [-0.4, -0.2) is 9.78 Å². The standard InChI is InChI=1S/C9H6ClFN2/c10-8-6-12-13(9(8)11)7-4-2-1-3-5-7/h1-6H. The fraction of sp³-hybridized carbons (Fsp3) is 0. The Hall–Kier alpha value is -1.35. The van der Waals surface area contributed by atoms with Gasteiger partial charge in [0.25, 0.3) is 0 Å². The zero-order chi connectivity index (χ0) is 9.26. The molecule has 2 aromatic rings. The van der Waals surface area contributed by atoms with Gasteiger partial charge in [0, 0.05) is 0 Å². The number of halogens is 2. The van der Waals surface area contributed by atoms with Gasteiger partial charge in [-0.15, -0.1) is 0 Å². The Morgan fingerprint density at radius 1 is 1.23 bits per heavy atom. The van der Waals surface area contributed by atoms with Gasteiger partial charge in [-0.1, -0.05) is 29.8 Å². The zero-order valence-corrected chi connectivity index (χ0v) is 7.37. The van der Waals surface area contributed by atoms with Crippen LogP contribution in [0, 0.1) is 5.95 Å². The van der Waals surface area contributed by atoms with Gasteiger partial charge in [-0.3, -0.25) is 0 Å². The predicted molar refractivity (Wildman–Crippen MR) is 48.5 cm³/mol. The third-order valence-electron chi connectivity index (χ3n) is 1.67. The van der Waals surface area contributed by atoms with E-state index in [2.05, 4.69) is 5.10 Å². The molecule has 0 atom stereocenters. The molecule has 2 nitrogen and oxygen atoms in total. The van der Waals surface area contributed by atoms with Crippen LogP contribution < -0.4 is 0 Å². The highest BCUT2D eigenvalue weighted by Crippen LogP contribution is 2.16. The monoisotopic (exact) mass is 196 g/mol. The van der Waals surface area contributed by atoms with Crippen LogP contribution in [0.2, 0.25) is 5.02 Å². The van der Waals surface area contributed by atoms with Crippen molar-refractivity contribution in [3.05, 3.63) is 47.5 Å². The molecule has 0 amide bonds. The predicted octanol–water partition coefficient (Wildman–Crippen LogP) is 2.66. The minimum Gasteiger partial charge on any atom is -0.205 e.